The summed E-state index contributed by atoms with van der Waals surface area (Å²) < 4.78 is 26.4. The van der Waals surface area contributed by atoms with Gasteiger partial charge in [0.1, 0.15) is 0 Å². The molecule has 0 rings (SSSR count). The quantitative estimate of drug-likeness (QED) is 0.586. The Balaban J connectivity index is 3.41. The van der Waals surface area contributed by atoms with Crippen LogP contribution in [-0.4, -0.2) is 40.0 Å². The van der Waals surface area contributed by atoms with Crippen molar-refractivity contribution in [3.63, 3.8) is 0 Å². The molecule has 6 heteroatoms. The van der Waals surface area contributed by atoms with E-state index in [-0.39, 0.29) is 11.4 Å². The van der Waals surface area contributed by atoms with Gasteiger partial charge in [-0.25, -0.2) is 13.6 Å². The van der Waals surface area contributed by atoms with E-state index in [1.165, 1.54) is 0 Å². The first-order valence-corrected chi connectivity index (χ1v) is 6.75. The molecule has 3 N–H and O–H groups in total. The number of rotatable bonds is 8. The molecule has 0 aromatic carbocycles. The van der Waals surface area contributed by atoms with Gasteiger partial charge in [-0.05, 0) is 39.8 Å². The number of primary sulfonamides is 1. The molecule has 0 unspecified atom stereocenters. The van der Waals surface area contributed by atoms with Crippen LogP contribution in [0, 0.1) is 0 Å². The van der Waals surface area contributed by atoms with Gasteiger partial charge in [0.05, 0.1) is 11.4 Å². The molecule has 0 aromatic heterocycles. The molecule has 0 saturated carbocycles. The standard InChI is InChI=1S/C9H22N2O3S/c1-9(2,14-3)5-7-11-6-4-8-15(10,12)13/h11H,4-8H2,1-3H3,(H2,10,12,13). The Hall–Kier alpha value is -0.170. The lowest BCUT2D eigenvalue weighted by atomic mass is 10.1. The van der Waals surface area contributed by atoms with Crippen LogP contribution in [-0.2, 0) is 14.8 Å². The van der Waals surface area contributed by atoms with Crippen molar-refractivity contribution in [2.24, 2.45) is 5.14 Å². The summed E-state index contributed by atoms with van der Waals surface area (Å²) in [6.07, 6.45) is 1.44. The highest BCUT2D eigenvalue weighted by molar-refractivity contribution is 7.89. The molecule has 0 aliphatic rings. The summed E-state index contributed by atoms with van der Waals surface area (Å²) in [5, 5.41) is 8.01. The molecule has 0 aliphatic heterocycles. The number of hydrogen-bond acceptors (Lipinski definition) is 4. The summed E-state index contributed by atoms with van der Waals surface area (Å²) >= 11 is 0. The van der Waals surface area contributed by atoms with Crippen LogP contribution in [0.15, 0.2) is 0 Å². The SMILES string of the molecule is COC(C)(C)CCNCCCS(N)(=O)=O. The Morgan fingerprint density at radius 1 is 1.33 bits per heavy atom. The largest absolute Gasteiger partial charge is 0.379 e. The number of hydrogen-bond donors (Lipinski definition) is 2. The third-order valence-corrected chi connectivity index (χ3v) is 3.10. The molecular formula is C9H22N2O3S. The van der Waals surface area contributed by atoms with Gasteiger partial charge in [-0.3, -0.25) is 0 Å². The van der Waals surface area contributed by atoms with Crippen LogP contribution < -0.4 is 10.5 Å². The van der Waals surface area contributed by atoms with E-state index in [2.05, 4.69) is 5.32 Å². The highest BCUT2D eigenvalue weighted by atomic mass is 32.2. The van der Waals surface area contributed by atoms with E-state index in [0.717, 1.165) is 13.0 Å². The average Bonchev–Trinajstić information content (AvgIpc) is 2.09. The van der Waals surface area contributed by atoms with Crippen molar-refractivity contribution in [1.82, 2.24) is 5.32 Å². The highest BCUT2D eigenvalue weighted by Crippen LogP contribution is 2.11. The smallest absolute Gasteiger partial charge is 0.209 e. The molecule has 5 nitrogen and oxygen atoms in total. The summed E-state index contributed by atoms with van der Waals surface area (Å²) in [6, 6.07) is 0. The van der Waals surface area contributed by atoms with Crippen molar-refractivity contribution in [1.29, 1.82) is 0 Å². The number of nitrogens with one attached hydrogen (secondary N) is 1. The van der Waals surface area contributed by atoms with Gasteiger partial charge in [0.25, 0.3) is 0 Å². The van der Waals surface area contributed by atoms with Crippen LogP contribution in [0.4, 0.5) is 0 Å². The topological polar surface area (TPSA) is 81.4 Å². The Morgan fingerprint density at radius 3 is 2.40 bits per heavy atom. The van der Waals surface area contributed by atoms with Crippen LogP contribution in [0.5, 0.6) is 0 Å². The van der Waals surface area contributed by atoms with Crippen molar-refractivity contribution < 1.29 is 13.2 Å². The van der Waals surface area contributed by atoms with Crippen molar-refractivity contribution in [3.05, 3.63) is 0 Å². The van der Waals surface area contributed by atoms with Crippen molar-refractivity contribution in [3.8, 4) is 0 Å². The Kier molecular flexibility index (Phi) is 6.35. The second-order valence-electron chi connectivity index (χ2n) is 4.18. The maximum atomic E-state index is 10.6. The van der Waals surface area contributed by atoms with Crippen LogP contribution in [0.3, 0.4) is 0 Å². The molecule has 0 atom stereocenters. The minimum atomic E-state index is -3.31. The Labute approximate surface area is 92.4 Å². The van der Waals surface area contributed by atoms with E-state index >= 15 is 0 Å². The van der Waals surface area contributed by atoms with Crippen molar-refractivity contribution >= 4 is 10.0 Å². The lowest BCUT2D eigenvalue weighted by Crippen LogP contribution is -2.30. The van der Waals surface area contributed by atoms with E-state index in [0.29, 0.717) is 13.0 Å². The minimum absolute atomic E-state index is 0.0354. The molecule has 0 radical (unpaired) electrons. The number of ether oxygens (including phenoxy) is 1. The summed E-state index contributed by atoms with van der Waals surface area (Å²) in [5.74, 6) is 0.0354. The fraction of sp³-hybridized carbons (Fsp3) is 1.00. The second-order valence-corrected chi connectivity index (χ2v) is 5.92. The third kappa shape index (κ3) is 10.1. The number of nitrogens with two attached hydrogens (primary N) is 1. The molecule has 0 bridgehead atoms. The molecule has 92 valence electrons. The predicted octanol–water partition coefficient (Wildman–Crippen LogP) is 0.0697. The predicted molar refractivity (Wildman–Crippen MR) is 61.2 cm³/mol. The van der Waals surface area contributed by atoms with Gasteiger partial charge in [-0.2, -0.15) is 0 Å². The van der Waals surface area contributed by atoms with E-state index in [1.807, 2.05) is 13.8 Å². The molecule has 0 saturated heterocycles. The molecule has 0 heterocycles. The van der Waals surface area contributed by atoms with E-state index in [1.54, 1.807) is 7.11 Å². The lowest BCUT2D eigenvalue weighted by Gasteiger charge is -2.22. The molecule has 0 aliphatic carbocycles. The summed E-state index contributed by atoms with van der Waals surface area (Å²) in [7, 11) is -1.63. The van der Waals surface area contributed by atoms with Crippen LogP contribution in [0.1, 0.15) is 26.7 Å². The molecule has 0 fully saturated rings. The maximum Gasteiger partial charge on any atom is 0.209 e. The maximum absolute atomic E-state index is 10.6. The van der Waals surface area contributed by atoms with E-state index < -0.39 is 10.0 Å². The van der Waals surface area contributed by atoms with Crippen molar-refractivity contribution in [2.45, 2.75) is 32.3 Å². The van der Waals surface area contributed by atoms with Gasteiger partial charge in [0.2, 0.25) is 10.0 Å². The van der Waals surface area contributed by atoms with Gasteiger partial charge >= 0.3 is 0 Å². The fourth-order valence-electron chi connectivity index (χ4n) is 1.01. The normalized spacial score (nSPS) is 13.1. The zero-order chi connectivity index (χ0) is 11.9. The van der Waals surface area contributed by atoms with Gasteiger partial charge in [0, 0.05) is 7.11 Å². The first-order valence-electron chi connectivity index (χ1n) is 5.03. The zero-order valence-corrected chi connectivity index (χ0v) is 10.6. The van der Waals surface area contributed by atoms with Crippen LogP contribution >= 0.6 is 0 Å². The molecular weight excluding hydrogens is 216 g/mol. The summed E-state index contributed by atoms with van der Waals surface area (Å²) in [6.45, 7) is 5.50. The van der Waals surface area contributed by atoms with Gasteiger partial charge in [-0.15, -0.1) is 0 Å². The Morgan fingerprint density at radius 2 is 1.93 bits per heavy atom. The summed E-state index contributed by atoms with van der Waals surface area (Å²) in [4.78, 5) is 0. The second kappa shape index (κ2) is 6.42. The summed E-state index contributed by atoms with van der Waals surface area (Å²) in [5.41, 5.74) is -0.132. The van der Waals surface area contributed by atoms with Crippen LogP contribution in [0.25, 0.3) is 0 Å². The highest BCUT2D eigenvalue weighted by Gasteiger charge is 2.14. The van der Waals surface area contributed by atoms with E-state index in [4.69, 9.17) is 9.88 Å². The molecule has 0 amide bonds. The molecule has 15 heavy (non-hydrogen) atoms. The fourth-order valence-corrected chi connectivity index (χ4v) is 1.56. The van der Waals surface area contributed by atoms with Crippen LogP contribution in [0.2, 0.25) is 0 Å². The molecule has 0 spiro atoms. The van der Waals surface area contributed by atoms with Gasteiger partial charge in [0.15, 0.2) is 0 Å². The van der Waals surface area contributed by atoms with E-state index in [9.17, 15) is 8.42 Å². The van der Waals surface area contributed by atoms with Gasteiger partial charge in [-0.1, -0.05) is 0 Å². The number of methoxy groups -OCH3 is 1. The average molecular weight is 238 g/mol. The minimum Gasteiger partial charge on any atom is -0.379 e. The zero-order valence-electron chi connectivity index (χ0n) is 9.75. The first kappa shape index (κ1) is 14.8. The monoisotopic (exact) mass is 238 g/mol. The Bertz CT molecular complexity index is 263. The molecule has 0 aromatic rings. The number of sulfonamides is 1. The van der Waals surface area contributed by atoms with Crippen molar-refractivity contribution in [2.75, 3.05) is 26.0 Å². The third-order valence-electron chi connectivity index (χ3n) is 2.24. The first-order chi connectivity index (χ1) is 6.77. The van der Waals surface area contributed by atoms with Gasteiger partial charge < -0.3 is 10.1 Å². The lowest BCUT2D eigenvalue weighted by molar-refractivity contribution is 0.0159.